The number of benzene rings is 1. The predicted molar refractivity (Wildman–Crippen MR) is 90.9 cm³/mol. The lowest BCUT2D eigenvalue weighted by atomic mass is 10.1. The Labute approximate surface area is 144 Å². The minimum atomic E-state index is -0.595. The van der Waals surface area contributed by atoms with E-state index in [9.17, 15) is 9.59 Å². The van der Waals surface area contributed by atoms with Crippen LogP contribution in [-0.2, 0) is 11.3 Å². The smallest absolute Gasteiger partial charge is 0.285 e. The summed E-state index contributed by atoms with van der Waals surface area (Å²) in [5, 5.41) is 15.8. The summed E-state index contributed by atoms with van der Waals surface area (Å²) in [6.07, 6.45) is 0. The molecule has 0 saturated heterocycles. The number of hydrogen-bond donors (Lipinski definition) is 1. The molecule has 1 N–H and O–H groups in total. The molecule has 1 heterocycles. The van der Waals surface area contributed by atoms with Crippen LogP contribution in [0.2, 0.25) is 0 Å². The van der Waals surface area contributed by atoms with Crippen molar-refractivity contribution in [3.63, 3.8) is 0 Å². The molecule has 8 heteroatoms. The molecule has 0 unspecified atom stereocenters. The minimum Gasteiger partial charge on any atom is -0.497 e. The third kappa shape index (κ3) is 3.77. The van der Waals surface area contributed by atoms with Gasteiger partial charge in [0.2, 0.25) is 5.91 Å². The van der Waals surface area contributed by atoms with E-state index in [1.165, 1.54) is 14.2 Å². The van der Waals surface area contributed by atoms with Gasteiger partial charge in [-0.25, -0.2) is 4.68 Å². The first-order chi connectivity index (χ1) is 11.9. The molecule has 0 atom stereocenters. The van der Waals surface area contributed by atoms with Crippen molar-refractivity contribution in [3.8, 4) is 17.6 Å². The van der Waals surface area contributed by atoms with E-state index in [0.717, 1.165) is 4.68 Å². The molecule has 0 spiro atoms. The lowest BCUT2D eigenvalue weighted by molar-refractivity contribution is -0.117. The van der Waals surface area contributed by atoms with Gasteiger partial charge >= 0.3 is 0 Å². The predicted octanol–water partition coefficient (Wildman–Crippen LogP) is 1.39. The van der Waals surface area contributed by atoms with Crippen molar-refractivity contribution >= 4 is 11.6 Å². The van der Waals surface area contributed by atoms with Crippen LogP contribution in [0.15, 0.2) is 23.0 Å². The molecular weight excluding hydrogens is 324 g/mol. The molecule has 1 amide bonds. The van der Waals surface area contributed by atoms with Crippen molar-refractivity contribution in [2.24, 2.45) is 0 Å². The molecule has 0 radical (unpaired) electrons. The van der Waals surface area contributed by atoms with Crippen molar-refractivity contribution in [2.75, 3.05) is 19.5 Å². The zero-order valence-corrected chi connectivity index (χ0v) is 14.4. The topological polar surface area (TPSA) is 106 Å². The van der Waals surface area contributed by atoms with Gasteiger partial charge in [-0.1, -0.05) is 0 Å². The van der Waals surface area contributed by atoms with Gasteiger partial charge in [0, 0.05) is 6.07 Å². The van der Waals surface area contributed by atoms with Crippen LogP contribution in [0.1, 0.15) is 16.8 Å². The minimum absolute atomic E-state index is 0.0117. The first-order valence-corrected chi connectivity index (χ1v) is 7.41. The SMILES string of the molecule is COc1ccc(NC(=O)Cn2nc(C)c(C)c(C#N)c2=O)c(OC)c1. The van der Waals surface area contributed by atoms with Gasteiger partial charge in [0.25, 0.3) is 5.56 Å². The molecule has 0 bridgehead atoms. The summed E-state index contributed by atoms with van der Waals surface area (Å²) < 4.78 is 11.3. The van der Waals surface area contributed by atoms with Crippen molar-refractivity contribution < 1.29 is 14.3 Å². The molecule has 0 aliphatic rings. The molecule has 0 aliphatic heterocycles. The van der Waals surface area contributed by atoms with Gasteiger partial charge in [0.1, 0.15) is 29.7 Å². The lowest BCUT2D eigenvalue weighted by Crippen LogP contribution is -2.32. The van der Waals surface area contributed by atoms with Crippen molar-refractivity contribution in [1.82, 2.24) is 9.78 Å². The third-order valence-corrected chi connectivity index (χ3v) is 3.72. The quantitative estimate of drug-likeness (QED) is 0.880. The Morgan fingerprint density at radius 3 is 2.64 bits per heavy atom. The van der Waals surface area contributed by atoms with E-state index in [-0.39, 0.29) is 12.1 Å². The number of carbonyl (C=O) groups is 1. The molecule has 0 aliphatic carbocycles. The van der Waals surface area contributed by atoms with E-state index in [0.29, 0.717) is 28.4 Å². The number of hydrogen-bond acceptors (Lipinski definition) is 6. The first-order valence-electron chi connectivity index (χ1n) is 7.41. The van der Waals surface area contributed by atoms with Crippen LogP contribution in [0.4, 0.5) is 5.69 Å². The standard InChI is InChI=1S/C17H18N4O4/c1-10-11(2)20-21(17(23)13(10)8-18)9-16(22)19-14-6-5-12(24-3)7-15(14)25-4/h5-7H,9H2,1-4H3,(H,19,22). The molecular formula is C17H18N4O4. The number of nitrogens with one attached hydrogen (secondary N) is 1. The molecule has 1 aromatic heterocycles. The molecule has 2 rings (SSSR count). The van der Waals surface area contributed by atoms with Crippen LogP contribution in [0.5, 0.6) is 11.5 Å². The molecule has 0 fully saturated rings. The number of carbonyl (C=O) groups excluding carboxylic acids is 1. The second-order valence-corrected chi connectivity index (χ2v) is 5.27. The number of amides is 1. The van der Waals surface area contributed by atoms with Gasteiger partial charge in [0.05, 0.1) is 25.6 Å². The summed E-state index contributed by atoms with van der Waals surface area (Å²) >= 11 is 0. The summed E-state index contributed by atoms with van der Waals surface area (Å²) in [6.45, 7) is 3.01. The number of aromatic nitrogens is 2. The highest BCUT2D eigenvalue weighted by molar-refractivity contribution is 5.92. The Hall–Kier alpha value is -3.34. The zero-order valence-electron chi connectivity index (χ0n) is 14.4. The zero-order chi connectivity index (χ0) is 18.6. The number of nitrogens with zero attached hydrogens (tertiary/aromatic N) is 3. The van der Waals surface area contributed by atoms with E-state index in [2.05, 4.69) is 10.4 Å². The maximum Gasteiger partial charge on any atom is 0.285 e. The highest BCUT2D eigenvalue weighted by Crippen LogP contribution is 2.28. The molecule has 2 aromatic rings. The van der Waals surface area contributed by atoms with E-state index in [1.807, 2.05) is 6.07 Å². The van der Waals surface area contributed by atoms with Gasteiger partial charge in [-0.3, -0.25) is 9.59 Å². The second-order valence-electron chi connectivity index (χ2n) is 5.27. The van der Waals surface area contributed by atoms with Crippen LogP contribution in [0.3, 0.4) is 0 Å². The molecule has 130 valence electrons. The van der Waals surface area contributed by atoms with E-state index >= 15 is 0 Å². The Balaban J connectivity index is 2.26. The summed E-state index contributed by atoms with van der Waals surface area (Å²) in [5.74, 6) is 0.538. The maximum atomic E-state index is 12.3. The number of rotatable bonds is 5. The highest BCUT2D eigenvalue weighted by Gasteiger charge is 2.15. The average molecular weight is 342 g/mol. The molecule has 1 aromatic carbocycles. The number of nitriles is 1. The van der Waals surface area contributed by atoms with E-state index < -0.39 is 11.5 Å². The Morgan fingerprint density at radius 1 is 1.32 bits per heavy atom. The fraction of sp³-hybridized carbons (Fsp3) is 0.294. The number of aryl methyl sites for hydroxylation is 1. The first kappa shape index (κ1) is 18.0. The molecule has 0 saturated carbocycles. The largest absolute Gasteiger partial charge is 0.497 e. The Morgan fingerprint density at radius 2 is 2.04 bits per heavy atom. The van der Waals surface area contributed by atoms with Crippen molar-refractivity contribution in [1.29, 1.82) is 5.26 Å². The maximum absolute atomic E-state index is 12.3. The summed E-state index contributed by atoms with van der Waals surface area (Å²) in [4.78, 5) is 24.5. The fourth-order valence-electron chi connectivity index (χ4n) is 2.24. The normalized spacial score (nSPS) is 10.0. The van der Waals surface area contributed by atoms with Crippen LogP contribution < -0.4 is 20.3 Å². The van der Waals surface area contributed by atoms with Crippen LogP contribution in [0.25, 0.3) is 0 Å². The van der Waals surface area contributed by atoms with Crippen LogP contribution in [-0.4, -0.2) is 29.9 Å². The lowest BCUT2D eigenvalue weighted by Gasteiger charge is -2.12. The van der Waals surface area contributed by atoms with Gasteiger partial charge in [-0.15, -0.1) is 0 Å². The number of methoxy groups -OCH3 is 2. The van der Waals surface area contributed by atoms with Gasteiger partial charge < -0.3 is 14.8 Å². The van der Waals surface area contributed by atoms with Crippen LogP contribution in [0, 0.1) is 25.2 Å². The summed E-state index contributed by atoms with van der Waals surface area (Å²) in [5.41, 5.74) is 0.863. The Kier molecular flexibility index (Phi) is 5.39. The van der Waals surface area contributed by atoms with Crippen molar-refractivity contribution in [3.05, 3.63) is 45.4 Å². The summed E-state index contributed by atoms with van der Waals surface area (Å²) in [7, 11) is 3.00. The van der Waals surface area contributed by atoms with E-state index in [4.69, 9.17) is 14.7 Å². The van der Waals surface area contributed by atoms with Crippen LogP contribution >= 0.6 is 0 Å². The second kappa shape index (κ2) is 7.49. The average Bonchev–Trinajstić information content (AvgIpc) is 2.60. The Bertz CT molecular complexity index is 912. The van der Waals surface area contributed by atoms with Gasteiger partial charge in [-0.05, 0) is 31.5 Å². The highest BCUT2D eigenvalue weighted by atomic mass is 16.5. The van der Waals surface area contributed by atoms with Crippen molar-refractivity contribution in [2.45, 2.75) is 20.4 Å². The number of ether oxygens (including phenoxy) is 2. The molecule has 8 nitrogen and oxygen atoms in total. The molecule has 25 heavy (non-hydrogen) atoms. The number of anilines is 1. The van der Waals surface area contributed by atoms with Gasteiger partial charge in [-0.2, -0.15) is 10.4 Å². The van der Waals surface area contributed by atoms with Gasteiger partial charge in [0.15, 0.2) is 0 Å². The monoisotopic (exact) mass is 342 g/mol. The third-order valence-electron chi connectivity index (χ3n) is 3.72. The summed E-state index contributed by atoms with van der Waals surface area (Å²) in [6, 6.07) is 6.79. The fourth-order valence-corrected chi connectivity index (χ4v) is 2.24. The van der Waals surface area contributed by atoms with E-state index in [1.54, 1.807) is 32.0 Å².